The number of aromatic amines is 1. The highest BCUT2D eigenvalue weighted by Crippen LogP contribution is 2.26. The second kappa shape index (κ2) is 11.4. The summed E-state index contributed by atoms with van der Waals surface area (Å²) in [5, 5.41) is 18.4. The first kappa shape index (κ1) is 25.6. The fraction of sp³-hybridized carbons (Fsp3) is 0.391. The molecule has 34 heavy (non-hydrogen) atoms. The summed E-state index contributed by atoms with van der Waals surface area (Å²) in [4.78, 5) is 9.26. The molecule has 0 bridgehead atoms. The number of aromatic nitrogens is 2. The van der Waals surface area contributed by atoms with Crippen molar-refractivity contribution in [3.63, 3.8) is 0 Å². The lowest BCUT2D eigenvalue weighted by molar-refractivity contribution is 0.275. The van der Waals surface area contributed by atoms with Crippen molar-refractivity contribution in [1.82, 2.24) is 14.9 Å². The molecule has 0 spiro atoms. The van der Waals surface area contributed by atoms with Gasteiger partial charge in [-0.05, 0) is 37.2 Å². The Morgan fingerprint density at radius 1 is 1.21 bits per heavy atom. The quantitative estimate of drug-likeness (QED) is 0.126. The zero-order valence-corrected chi connectivity index (χ0v) is 20.0. The van der Waals surface area contributed by atoms with E-state index >= 15 is 0 Å². The molecule has 0 atom stereocenters. The maximum absolute atomic E-state index is 14.5. The van der Waals surface area contributed by atoms with Gasteiger partial charge in [-0.1, -0.05) is 43.4 Å². The van der Waals surface area contributed by atoms with Crippen molar-refractivity contribution in [2.45, 2.75) is 26.7 Å². The van der Waals surface area contributed by atoms with Gasteiger partial charge in [-0.2, -0.15) is 0 Å². The first-order valence-electron chi connectivity index (χ1n) is 11.0. The second-order valence-corrected chi connectivity index (χ2v) is 8.51. The first-order valence-corrected chi connectivity index (χ1v) is 11.4. The SMILES string of the molecule is CCC(CC)CN(C)CCNc1nc2c(F)c(F)cc(/C(=N\O)Nc3ccc(F)c(Cl)c3)c2[nH]1. The molecule has 7 nitrogen and oxygen atoms in total. The monoisotopic (exact) mass is 496 g/mol. The number of oxime groups is 1. The molecule has 0 aliphatic carbocycles. The molecule has 3 rings (SSSR count). The Morgan fingerprint density at radius 3 is 2.59 bits per heavy atom. The second-order valence-electron chi connectivity index (χ2n) is 8.10. The van der Waals surface area contributed by atoms with Gasteiger partial charge in [0.05, 0.1) is 10.5 Å². The van der Waals surface area contributed by atoms with Crippen LogP contribution in [0.1, 0.15) is 32.3 Å². The average molecular weight is 497 g/mol. The van der Waals surface area contributed by atoms with Crippen LogP contribution in [0.5, 0.6) is 0 Å². The van der Waals surface area contributed by atoms with Crippen LogP contribution in [0.4, 0.5) is 24.8 Å². The van der Waals surface area contributed by atoms with Crippen molar-refractivity contribution in [2.24, 2.45) is 11.1 Å². The number of likely N-dealkylation sites (N-methyl/N-ethyl adjacent to an activating group) is 1. The molecule has 4 N–H and O–H groups in total. The minimum atomic E-state index is -1.16. The minimum Gasteiger partial charge on any atom is -0.409 e. The molecule has 0 aliphatic heterocycles. The van der Waals surface area contributed by atoms with Crippen LogP contribution in [-0.4, -0.2) is 52.6 Å². The molecule has 0 saturated heterocycles. The summed E-state index contributed by atoms with van der Waals surface area (Å²) in [5.74, 6) is -2.25. The highest BCUT2D eigenvalue weighted by molar-refractivity contribution is 6.31. The molecular formula is C23H28ClF3N6O. The largest absolute Gasteiger partial charge is 0.409 e. The number of imidazole rings is 1. The Kier molecular flexibility index (Phi) is 8.62. The Balaban J connectivity index is 1.81. The summed E-state index contributed by atoms with van der Waals surface area (Å²) >= 11 is 5.79. The smallest absolute Gasteiger partial charge is 0.201 e. The predicted molar refractivity (Wildman–Crippen MR) is 129 cm³/mol. The van der Waals surface area contributed by atoms with E-state index in [2.05, 4.69) is 44.5 Å². The van der Waals surface area contributed by atoms with E-state index in [9.17, 15) is 18.4 Å². The standard InChI is InChI=1S/C23H28ClF3N6O/c1-4-13(5-2)12-33(3)9-8-28-23-30-20-15(11-18(26)19(27)21(20)31-23)22(32-34)29-14-6-7-17(25)16(24)10-14/h6-7,10-11,13,34H,4-5,8-9,12H2,1-3H3,(H,29,32)(H2,28,30,31). The number of fused-ring (bicyclic) bond motifs is 1. The van der Waals surface area contributed by atoms with Crippen LogP contribution in [-0.2, 0) is 0 Å². The number of nitrogens with zero attached hydrogens (tertiary/aromatic N) is 3. The van der Waals surface area contributed by atoms with Crippen LogP contribution in [0.25, 0.3) is 11.0 Å². The zero-order chi connectivity index (χ0) is 24.8. The van der Waals surface area contributed by atoms with Crippen molar-refractivity contribution in [3.8, 4) is 0 Å². The summed E-state index contributed by atoms with van der Waals surface area (Å²) in [7, 11) is 2.03. The topological polar surface area (TPSA) is 88.6 Å². The number of hydrogen-bond acceptors (Lipinski definition) is 5. The van der Waals surface area contributed by atoms with E-state index in [0.717, 1.165) is 38.1 Å². The Labute approximate surface area is 201 Å². The van der Waals surface area contributed by atoms with Crippen LogP contribution < -0.4 is 10.6 Å². The molecule has 0 aliphatic rings. The maximum Gasteiger partial charge on any atom is 0.201 e. The van der Waals surface area contributed by atoms with Crippen molar-refractivity contribution < 1.29 is 18.4 Å². The number of hydrogen-bond donors (Lipinski definition) is 4. The molecular weight excluding hydrogens is 469 g/mol. The van der Waals surface area contributed by atoms with Gasteiger partial charge in [-0.15, -0.1) is 0 Å². The molecule has 0 saturated carbocycles. The van der Waals surface area contributed by atoms with Crippen LogP contribution in [0.2, 0.25) is 5.02 Å². The third kappa shape index (κ3) is 5.92. The summed E-state index contributed by atoms with van der Waals surface area (Å²) in [6.07, 6.45) is 2.22. The normalized spacial score (nSPS) is 12.2. The first-order chi connectivity index (χ1) is 16.3. The van der Waals surface area contributed by atoms with Gasteiger partial charge in [-0.25, -0.2) is 18.2 Å². The van der Waals surface area contributed by atoms with Crippen molar-refractivity contribution in [1.29, 1.82) is 0 Å². The van der Waals surface area contributed by atoms with E-state index in [1.54, 1.807) is 0 Å². The summed E-state index contributed by atoms with van der Waals surface area (Å²) in [5.41, 5.74) is 0.196. The van der Waals surface area contributed by atoms with Gasteiger partial charge < -0.3 is 25.7 Å². The number of nitrogens with one attached hydrogen (secondary N) is 3. The van der Waals surface area contributed by atoms with Gasteiger partial charge in [0.2, 0.25) is 5.95 Å². The highest BCUT2D eigenvalue weighted by atomic mass is 35.5. The third-order valence-electron chi connectivity index (χ3n) is 5.71. The lowest BCUT2D eigenvalue weighted by atomic mass is 10.0. The Morgan fingerprint density at radius 2 is 1.94 bits per heavy atom. The molecule has 0 amide bonds. The van der Waals surface area contributed by atoms with E-state index < -0.39 is 17.5 Å². The number of benzene rings is 2. The molecule has 3 aromatic rings. The molecule has 0 unspecified atom stereocenters. The fourth-order valence-corrected chi connectivity index (χ4v) is 3.85. The minimum absolute atomic E-state index is 0.0308. The van der Waals surface area contributed by atoms with Crippen LogP contribution >= 0.6 is 11.6 Å². The number of H-pyrrole nitrogens is 1. The molecule has 2 aromatic carbocycles. The van der Waals surface area contributed by atoms with E-state index in [1.165, 1.54) is 12.1 Å². The fourth-order valence-electron chi connectivity index (χ4n) is 3.67. The van der Waals surface area contributed by atoms with Crippen molar-refractivity contribution >= 4 is 40.1 Å². The number of halogens is 4. The molecule has 0 radical (unpaired) electrons. The van der Waals surface area contributed by atoms with E-state index in [4.69, 9.17) is 11.6 Å². The lowest BCUT2D eigenvalue weighted by Gasteiger charge is -2.22. The van der Waals surface area contributed by atoms with Crippen LogP contribution in [0, 0.1) is 23.4 Å². The number of amidine groups is 1. The van der Waals surface area contributed by atoms with Crippen molar-refractivity contribution in [2.75, 3.05) is 37.3 Å². The molecule has 1 heterocycles. The molecule has 1 aromatic heterocycles. The van der Waals surface area contributed by atoms with Gasteiger partial charge in [0.1, 0.15) is 11.3 Å². The van der Waals surface area contributed by atoms with Gasteiger partial charge >= 0.3 is 0 Å². The molecule has 0 fully saturated rings. The van der Waals surface area contributed by atoms with Crippen molar-refractivity contribution in [3.05, 3.63) is 52.3 Å². The maximum atomic E-state index is 14.5. The Bertz CT molecular complexity index is 1170. The zero-order valence-electron chi connectivity index (χ0n) is 19.2. The summed E-state index contributed by atoms with van der Waals surface area (Å²) < 4.78 is 42.3. The summed E-state index contributed by atoms with van der Waals surface area (Å²) in [6.45, 7) is 6.57. The summed E-state index contributed by atoms with van der Waals surface area (Å²) in [6, 6.07) is 4.65. The Hall–Kier alpha value is -2.98. The van der Waals surface area contributed by atoms with Gasteiger partial charge in [0.25, 0.3) is 0 Å². The van der Waals surface area contributed by atoms with Crippen LogP contribution in [0.3, 0.4) is 0 Å². The van der Waals surface area contributed by atoms with E-state index in [0.29, 0.717) is 12.5 Å². The van der Waals surface area contributed by atoms with Gasteiger partial charge in [0.15, 0.2) is 17.5 Å². The highest BCUT2D eigenvalue weighted by Gasteiger charge is 2.21. The molecule has 184 valence electrons. The molecule has 11 heteroatoms. The predicted octanol–water partition coefficient (Wildman–Crippen LogP) is 5.66. The lowest BCUT2D eigenvalue weighted by Crippen LogP contribution is -2.30. The third-order valence-corrected chi connectivity index (χ3v) is 6.00. The number of anilines is 2. The van der Waals surface area contributed by atoms with Crippen LogP contribution in [0.15, 0.2) is 29.4 Å². The number of rotatable bonds is 10. The van der Waals surface area contributed by atoms with E-state index in [-0.39, 0.29) is 39.1 Å². The van der Waals surface area contributed by atoms with E-state index in [1.807, 2.05) is 7.05 Å². The average Bonchev–Trinajstić information content (AvgIpc) is 3.25. The van der Waals surface area contributed by atoms with Gasteiger partial charge in [0, 0.05) is 30.9 Å². The van der Waals surface area contributed by atoms with Gasteiger partial charge in [-0.3, -0.25) is 0 Å².